The van der Waals surface area contributed by atoms with E-state index in [1.54, 1.807) is 4.90 Å². The number of thioether (sulfide) groups is 1. The number of para-hydroxylation sites is 1. The van der Waals surface area contributed by atoms with E-state index in [1.807, 2.05) is 61.5 Å². The first kappa shape index (κ1) is 19.1. The van der Waals surface area contributed by atoms with Crippen molar-refractivity contribution in [2.24, 2.45) is 0 Å². The average Bonchev–Trinajstić information content (AvgIpc) is 2.91. The molecule has 134 valence electrons. The predicted octanol–water partition coefficient (Wildman–Crippen LogP) is 6.03. The third-order valence-corrected chi connectivity index (χ3v) is 5.89. The lowest BCUT2D eigenvalue weighted by molar-refractivity contribution is -0.113. The number of carbonyl (C=O) groups is 1. The summed E-state index contributed by atoms with van der Waals surface area (Å²) in [5.74, 6) is 0.704. The van der Waals surface area contributed by atoms with Crippen molar-refractivity contribution in [1.29, 1.82) is 0 Å². The van der Waals surface area contributed by atoms with Crippen molar-refractivity contribution in [3.8, 4) is 5.75 Å². The van der Waals surface area contributed by atoms with Gasteiger partial charge in [-0.25, -0.2) is 0 Å². The van der Waals surface area contributed by atoms with Gasteiger partial charge in [-0.1, -0.05) is 55.2 Å². The second kappa shape index (κ2) is 8.37. The highest BCUT2D eigenvalue weighted by atomic mass is 79.9. The number of carbonyl (C=O) groups excluding carboxylic acids is 1. The van der Waals surface area contributed by atoms with Crippen molar-refractivity contribution in [2.45, 2.75) is 26.4 Å². The van der Waals surface area contributed by atoms with E-state index >= 15 is 0 Å². The van der Waals surface area contributed by atoms with Gasteiger partial charge in [0, 0.05) is 0 Å². The van der Waals surface area contributed by atoms with Crippen LogP contribution in [0.25, 0.3) is 6.08 Å². The number of benzene rings is 2. The number of anilines is 1. The summed E-state index contributed by atoms with van der Waals surface area (Å²) in [6, 6.07) is 15.3. The van der Waals surface area contributed by atoms with Crippen LogP contribution < -0.4 is 9.64 Å². The number of nitrogens with zero attached hydrogens (tertiary/aromatic N) is 1. The third-order valence-electron chi connectivity index (χ3n) is 3.96. The largest absolute Gasteiger partial charge is 0.490 e. The Bertz CT molecular complexity index is 867. The van der Waals surface area contributed by atoms with Crippen LogP contribution in [0.1, 0.15) is 25.8 Å². The molecule has 26 heavy (non-hydrogen) atoms. The quantitative estimate of drug-likeness (QED) is 0.413. The predicted molar refractivity (Wildman–Crippen MR) is 117 cm³/mol. The van der Waals surface area contributed by atoms with Gasteiger partial charge in [0.25, 0.3) is 5.91 Å². The zero-order chi connectivity index (χ0) is 18.7. The summed E-state index contributed by atoms with van der Waals surface area (Å²) in [7, 11) is 0. The van der Waals surface area contributed by atoms with E-state index in [0.717, 1.165) is 27.9 Å². The molecule has 0 bridgehead atoms. The highest BCUT2D eigenvalue weighted by Crippen LogP contribution is 2.36. The Morgan fingerprint density at radius 1 is 1.27 bits per heavy atom. The minimum atomic E-state index is -0.0951. The Hall–Kier alpha value is -1.63. The molecule has 1 fully saturated rings. The molecule has 0 spiro atoms. The number of amides is 1. The molecule has 3 rings (SSSR count). The molecule has 0 saturated carbocycles. The number of ether oxygens (including phenoxy) is 1. The van der Waals surface area contributed by atoms with Crippen molar-refractivity contribution >= 4 is 61.9 Å². The van der Waals surface area contributed by atoms with Gasteiger partial charge in [-0.2, -0.15) is 0 Å². The smallest absolute Gasteiger partial charge is 0.270 e. The van der Waals surface area contributed by atoms with Crippen molar-refractivity contribution in [3.05, 3.63) is 63.5 Å². The summed E-state index contributed by atoms with van der Waals surface area (Å²) in [5, 5.41) is 0. The van der Waals surface area contributed by atoms with Crippen LogP contribution in [0, 0.1) is 0 Å². The van der Waals surface area contributed by atoms with Crippen LogP contribution in [0.5, 0.6) is 5.75 Å². The molecule has 0 unspecified atom stereocenters. The van der Waals surface area contributed by atoms with E-state index in [0.29, 0.717) is 9.23 Å². The van der Waals surface area contributed by atoms with Crippen LogP contribution in [0.15, 0.2) is 57.9 Å². The van der Waals surface area contributed by atoms with Gasteiger partial charge in [-0.3, -0.25) is 9.69 Å². The molecule has 0 N–H and O–H groups in total. The van der Waals surface area contributed by atoms with Crippen molar-refractivity contribution in [3.63, 3.8) is 0 Å². The fraction of sp³-hybridized carbons (Fsp3) is 0.200. The van der Waals surface area contributed by atoms with Crippen LogP contribution in [0.4, 0.5) is 5.69 Å². The van der Waals surface area contributed by atoms with Crippen LogP contribution >= 0.6 is 39.9 Å². The van der Waals surface area contributed by atoms with Gasteiger partial charge in [0.1, 0.15) is 5.75 Å². The number of halogens is 1. The fourth-order valence-corrected chi connectivity index (χ4v) is 4.21. The van der Waals surface area contributed by atoms with E-state index in [-0.39, 0.29) is 12.0 Å². The summed E-state index contributed by atoms with van der Waals surface area (Å²) < 4.78 is 7.27. The molecule has 1 heterocycles. The molecule has 0 radical (unpaired) electrons. The highest BCUT2D eigenvalue weighted by Gasteiger charge is 2.33. The lowest BCUT2D eigenvalue weighted by atomic mass is 10.2. The van der Waals surface area contributed by atoms with Gasteiger partial charge in [0.15, 0.2) is 4.32 Å². The van der Waals surface area contributed by atoms with Gasteiger partial charge in [-0.15, -0.1) is 0 Å². The molecule has 1 aliphatic rings. The van der Waals surface area contributed by atoms with Gasteiger partial charge < -0.3 is 4.74 Å². The number of rotatable bonds is 5. The van der Waals surface area contributed by atoms with Gasteiger partial charge in [0.2, 0.25) is 0 Å². The first-order valence-electron chi connectivity index (χ1n) is 8.28. The number of hydrogen-bond donors (Lipinski definition) is 0. The Kier molecular flexibility index (Phi) is 6.16. The molecular formula is C20H18BrNO2S2. The second-order valence-corrected chi connectivity index (χ2v) is 8.41. The third kappa shape index (κ3) is 4.19. The number of thiocarbonyl (C=S) groups is 1. The summed E-state index contributed by atoms with van der Waals surface area (Å²) >= 11 is 10.3. The zero-order valence-corrected chi connectivity index (χ0v) is 17.7. The summed E-state index contributed by atoms with van der Waals surface area (Å²) in [5.41, 5.74) is 1.71. The van der Waals surface area contributed by atoms with Crippen LogP contribution in [0.2, 0.25) is 0 Å². The maximum absolute atomic E-state index is 12.8. The van der Waals surface area contributed by atoms with Crippen LogP contribution in [-0.2, 0) is 4.79 Å². The molecule has 1 saturated heterocycles. The molecular weight excluding hydrogens is 430 g/mol. The highest BCUT2D eigenvalue weighted by molar-refractivity contribution is 9.10. The maximum atomic E-state index is 12.8. The van der Waals surface area contributed by atoms with Gasteiger partial charge >= 0.3 is 0 Å². The first-order valence-corrected chi connectivity index (χ1v) is 10.3. The molecule has 0 aliphatic carbocycles. The van der Waals surface area contributed by atoms with E-state index in [2.05, 4.69) is 22.9 Å². The maximum Gasteiger partial charge on any atom is 0.270 e. The standard InChI is InChI=1S/C20H18BrNO2S2/c1-3-13(2)24-17-10-9-14(11-16(17)21)12-18-19(23)22(20(25)26-18)15-7-5-4-6-8-15/h4-13H,3H2,1-2H3/b18-12+/t13-/m0/s1. The van der Waals surface area contributed by atoms with E-state index in [9.17, 15) is 4.79 Å². The summed E-state index contributed by atoms with van der Waals surface area (Å²) in [6.07, 6.45) is 2.95. The molecule has 1 aliphatic heterocycles. The van der Waals surface area contributed by atoms with Gasteiger partial charge in [-0.05, 0) is 65.2 Å². The monoisotopic (exact) mass is 447 g/mol. The molecule has 2 aromatic carbocycles. The lowest BCUT2D eigenvalue weighted by Gasteiger charge is -2.14. The Morgan fingerprint density at radius 3 is 2.65 bits per heavy atom. The molecule has 1 amide bonds. The number of hydrogen-bond acceptors (Lipinski definition) is 4. The van der Waals surface area contributed by atoms with Crippen molar-refractivity contribution in [2.75, 3.05) is 4.90 Å². The molecule has 3 nitrogen and oxygen atoms in total. The first-order chi connectivity index (χ1) is 12.5. The summed E-state index contributed by atoms with van der Waals surface area (Å²) in [6.45, 7) is 4.12. The average molecular weight is 448 g/mol. The topological polar surface area (TPSA) is 29.5 Å². The van der Waals surface area contributed by atoms with Gasteiger partial charge in [0.05, 0.1) is 21.2 Å². The second-order valence-electron chi connectivity index (χ2n) is 5.88. The fourth-order valence-electron chi connectivity index (χ4n) is 2.42. The Morgan fingerprint density at radius 2 is 2.00 bits per heavy atom. The summed E-state index contributed by atoms with van der Waals surface area (Å²) in [4.78, 5) is 15.0. The zero-order valence-electron chi connectivity index (χ0n) is 14.4. The Labute approximate surface area is 171 Å². The SMILES string of the molecule is CC[C@H](C)Oc1ccc(/C=C2/SC(=S)N(c3ccccc3)C2=O)cc1Br. The van der Waals surface area contributed by atoms with Crippen LogP contribution in [-0.4, -0.2) is 16.3 Å². The Balaban J connectivity index is 1.83. The molecule has 1 atom stereocenters. The van der Waals surface area contributed by atoms with E-state index in [1.165, 1.54) is 11.8 Å². The lowest BCUT2D eigenvalue weighted by Crippen LogP contribution is -2.27. The van der Waals surface area contributed by atoms with Crippen LogP contribution in [0.3, 0.4) is 0 Å². The molecule has 6 heteroatoms. The molecule has 2 aromatic rings. The van der Waals surface area contributed by atoms with E-state index in [4.69, 9.17) is 17.0 Å². The van der Waals surface area contributed by atoms with Crippen molar-refractivity contribution < 1.29 is 9.53 Å². The minimum Gasteiger partial charge on any atom is -0.490 e. The minimum absolute atomic E-state index is 0.0951. The molecule has 0 aromatic heterocycles. The van der Waals surface area contributed by atoms with Crippen molar-refractivity contribution in [1.82, 2.24) is 0 Å². The normalized spacial score (nSPS) is 17.0. The van der Waals surface area contributed by atoms with E-state index < -0.39 is 0 Å².